The summed E-state index contributed by atoms with van der Waals surface area (Å²) in [5.74, 6) is 1.11. The fourth-order valence-corrected chi connectivity index (χ4v) is 3.49. The molecule has 1 aliphatic heterocycles. The Hall–Kier alpha value is -2.79. The minimum atomic E-state index is -0.130. The summed E-state index contributed by atoms with van der Waals surface area (Å²) in [4.78, 5) is 22.8. The molecule has 112 valence electrons. The van der Waals surface area contributed by atoms with E-state index in [0.29, 0.717) is 17.2 Å². The molecule has 1 amide bonds. The van der Waals surface area contributed by atoms with Gasteiger partial charge in [-0.15, -0.1) is 11.3 Å². The van der Waals surface area contributed by atoms with Crippen LogP contribution in [-0.2, 0) is 4.79 Å². The van der Waals surface area contributed by atoms with E-state index < -0.39 is 0 Å². The van der Waals surface area contributed by atoms with E-state index >= 15 is 0 Å². The molecule has 5 heteroatoms. The van der Waals surface area contributed by atoms with Gasteiger partial charge in [-0.05, 0) is 30.7 Å². The molecule has 1 aromatic carbocycles. The van der Waals surface area contributed by atoms with Crippen LogP contribution in [0.2, 0.25) is 0 Å². The van der Waals surface area contributed by atoms with Crippen LogP contribution in [0.5, 0.6) is 0 Å². The minimum Gasteiger partial charge on any atom is -0.306 e. The maximum atomic E-state index is 12.2. The number of benzene rings is 1. The highest BCUT2D eigenvalue weighted by molar-refractivity contribution is 7.16. The molecule has 3 aromatic rings. The summed E-state index contributed by atoms with van der Waals surface area (Å²) in [5.41, 5.74) is 2.55. The summed E-state index contributed by atoms with van der Waals surface area (Å²) in [7, 11) is 0. The van der Waals surface area contributed by atoms with Gasteiger partial charge in [0.15, 0.2) is 0 Å². The van der Waals surface area contributed by atoms with Crippen LogP contribution in [0.1, 0.15) is 16.3 Å². The summed E-state index contributed by atoms with van der Waals surface area (Å²) in [6.07, 6.45) is 3.60. The van der Waals surface area contributed by atoms with Gasteiger partial charge < -0.3 is 5.32 Å². The summed E-state index contributed by atoms with van der Waals surface area (Å²) < 4.78 is 0. The number of nitrogens with zero attached hydrogens (tertiary/aromatic N) is 2. The van der Waals surface area contributed by atoms with Gasteiger partial charge in [-0.2, -0.15) is 0 Å². The van der Waals surface area contributed by atoms with E-state index in [0.717, 1.165) is 10.4 Å². The van der Waals surface area contributed by atoms with Gasteiger partial charge in [0.05, 0.1) is 5.57 Å². The van der Waals surface area contributed by atoms with Crippen molar-refractivity contribution in [3.63, 3.8) is 0 Å². The van der Waals surface area contributed by atoms with Gasteiger partial charge in [0, 0.05) is 21.5 Å². The third-order valence-corrected chi connectivity index (χ3v) is 4.73. The Bertz CT molecular complexity index is 928. The zero-order valence-electron chi connectivity index (χ0n) is 12.4. The molecule has 0 saturated carbocycles. The molecule has 0 spiro atoms. The van der Waals surface area contributed by atoms with Crippen LogP contribution in [0.15, 0.2) is 48.7 Å². The number of thiophene rings is 1. The smallest absolute Gasteiger partial charge is 0.257 e. The van der Waals surface area contributed by atoms with E-state index in [1.165, 1.54) is 10.4 Å². The number of carbonyl (C=O) groups is 1. The van der Waals surface area contributed by atoms with Crippen molar-refractivity contribution < 1.29 is 4.79 Å². The van der Waals surface area contributed by atoms with Crippen molar-refractivity contribution in [2.75, 3.05) is 5.32 Å². The van der Waals surface area contributed by atoms with Crippen LogP contribution >= 0.6 is 11.3 Å². The first-order chi connectivity index (χ1) is 11.2. The average Bonchev–Trinajstić information content (AvgIpc) is 3.14. The van der Waals surface area contributed by atoms with Gasteiger partial charge in [-0.1, -0.05) is 30.3 Å². The van der Waals surface area contributed by atoms with Crippen molar-refractivity contribution in [1.29, 1.82) is 0 Å². The van der Waals surface area contributed by atoms with Crippen LogP contribution in [-0.4, -0.2) is 15.9 Å². The fourth-order valence-electron chi connectivity index (χ4n) is 2.53. The number of amides is 1. The lowest BCUT2D eigenvalue weighted by Crippen LogP contribution is -2.04. The topological polar surface area (TPSA) is 54.9 Å². The second-order valence-corrected chi connectivity index (χ2v) is 6.38. The molecule has 0 aliphatic carbocycles. The van der Waals surface area contributed by atoms with Gasteiger partial charge in [0.1, 0.15) is 11.6 Å². The Labute approximate surface area is 137 Å². The predicted molar refractivity (Wildman–Crippen MR) is 93.0 cm³/mol. The molecule has 0 saturated heterocycles. The minimum absolute atomic E-state index is 0.130. The molecule has 0 bridgehead atoms. The molecule has 2 aromatic heterocycles. The molecular weight excluding hydrogens is 306 g/mol. The van der Waals surface area contributed by atoms with Crippen LogP contribution in [0.25, 0.3) is 22.1 Å². The second-order valence-electron chi connectivity index (χ2n) is 5.26. The number of hydrogen-bond acceptors (Lipinski definition) is 4. The Morgan fingerprint density at radius 3 is 2.78 bits per heavy atom. The lowest BCUT2D eigenvalue weighted by molar-refractivity contribution is -0.110. The van der Waals surface area contributed by atoms with Crippen LogP contribution in [0.3, 0.4) is 0 Å². The Morgan fingerprint density at radius 1 is 1.13 bits per heavy atom. The summed E-state index contributed by atoms with van der Waals surface area (Å²) in [6, 6.07) is 14.3. The number of rotatable bonds is 2. The second kappa shape index (κ2) is 5.44. The molecule has 1 N–H and O–H groups in total. The molecule has 1 aliphatic rings. The molecule has 4 rings (SSSR count). The van der Waals surface area contributed by atoms with Crippen molar-refractivity contribution in [2.24, 2.45) is 0 Å². The van der Waals surface area contributed by atoms with Gasteiger partial charge in [0.2, 0.25) is 0 Å². The van der Waals surface area contributed by atoms with Crippen molar-refractivity contribution in [2.45, 2.75) is 6.92 Å². The number of aromatic nitrogens is 2. The molecule has 23 heavy (non-hydrogen) atoms. The largest absolute Gasteiger partial charge is 0.306 e. The number of hydrogen-bond donors (Lipinski definition) is 1. The lowest BCUT2D eigenvalue weighted by Gasteiger charge is -1.97. The first-order valence-corrected chi connectivity index (χ1v) is 8.05. The van der Waals surface area contributed by atoms with Crippen LogP contribution < -0.4 is 5.32 Å². The monoisotopic (exact) mass is 319 g/mol. The fraction of sp³-hybridized carbons (Fsp3) is 0.0556. The molecule has 4 nitrogen and oxygen atoms in total. The Kier molecular flexibility index (Phi) is 3.28. The van der Waals surface area contributed by atoms with E-state index in [1.807, 2.05) is 30.3 Å². The Balaban J connectivity index is 1.72. The van der Waals surface area contributed by atoms with Gasteiger partial charge >= 0.3 is 0 Å². The quantitative estimate of drug-likeness (QED) is 0.726. The summed E-state index contributed by atoms with van der Waals surface area (Å²) >= 11 is 1.66. The summed E-state index contributed by atoms with van der Waals surface area (Å²) in [6.45, 7) is 1.81. The van der Waals surface area contributed by atoms with Crippen molar-refractivity contribution in [3.8, 4) is 10.4 Å². The van der Waals surface area contributed by atoms with Gasteiger partial charge in [0.25, 0.3) is 5.91 Å². The molecule has 0 unspecified atom stereocenters. The van der Waals surface area contributed by atoms with E-state index in [4.69, 9.17) is 0 Å². The number of aryl methyl sites for hydroxylation is 1. The predicted octanol–water partition coefficient (Wildman–Crippen LogP) is 4.01. The number of fused-ring (bicyclic) bond motifs is 1. The maximum Gasteiger partial charge on any atom is 0.257 e. The van der Waals surface area contributed by atoms with E-state index in [9.17, 15) is 4.79 Å². The standard InChI is InChI=1S/C18H13N3OS/c1-11-19-10-15-14(18(22)21-17(15)20-11)9-13-7-8-16(23-13)12-5-3-2-4-6-12/h2-10H,1H3,(H,19,20,21,22). The molecule has 3 heterocycles. The molecule has 0 radical (unpaired) electrons. The number of anilines is 1. The third-order valence-electron chi connectivity index (χ3n) is 3.65. The van der Waals surface area contributed by atoms with Gasteiger partial charge in [-0.3, -0.25) is 4.79 Å². The first-order valence-electron chi connectivity index (χ1n) is 7.23. The highest BCUT2D eigenvalue weighted by Gasteiger charge is 2.26. The SMILES string of the molecule is Cc1ncc2c(n1)NC(=O)C2=Cc1ccc(-c2ccccc2)s1. The van der Waals surface area contributed by atoms with Crippen molar-refractivity contribution in [3.05, 3.63) is 64.9 Å². The van der Waals surface area contributed by atoms with Crippen LogP contribution in [0.4, 0.5) is 5.82 Å². The normalized spacial score (nSPS) is 14.8. The highest BCUT2D eigenvalue weighted by atomic mass is 32.1. The zero-order chi connectivity index (χ0) is 15.8. The first kappa shape index (κ1) is 13.8. The number of nitrogens with one attached hydrogen (secondary N) is 1. The average molecular weight is 319 g/mol. The van der Waals surface area contributed by atoms with E-state index in [2.05, 4.69) is 33.5 Å². The van der Waals surface area contributed by atoms with Crippen molar-refractivity contribution >= 4 is 34.7 Å². The summed E-state index contributed by atoms with van der Waals surface area (Å²) in [5, 5.41) is 2.79. The van der Waals surface area contributed by atoms with Crippen LogP contribution in [0, 0.1) is 6.92 Å². The molecular formula is C18H13N3OS. The number of carbonyl (C=O) groups excluding carboxylic acids is 1. The highest BCUT2D eigenvalue weighted by Crippen LogP contribution is 2.34. The zero-order valence-corrected chi connectivity index (χ0v) is 13.2. The maximum absolute atomic E-state index is 12.2. The van der Waals surface area contributed by atoms with E-state index in [1.54, 1.807) is 24.5 Å². The van der Waals surface area contributed by atoms with Gasteiger partial charge in [-0.25, -0.2) is 9.97 Å². The Morgan fingerprint density at radius 2 is 1.96 bits per heavy atom. The lowest BCUT2D eigenvalue weighted by atomic mass is 10.1. The van der Waals surface area contributed by atoms with E-state index in [-0.39, 0.29) is 5.91 Å². The molecule has 0 fully saturated rings. The van der Waals surface area contributed by atoms with Crippen molar-refractivity contribution in [1.82, 2.24) is 9.97 Å². The molecule has 0 atom stereocenters. The third kappa shape index (κ3) is 2.55.